The fraction of sp³-hybridized carbons (Fsp3) is 0. The molecule has 0 bridgehead atoms. The summed E-state index contributed by atoms with van der Waals surface area (Å²) >= 11 is 0. The van der Waals surface area contributed by atoms with Gasteiger partial charge in [0.05, 0.1) is 0 Å². The molecule has 8 aromatic carbocycles. The summed E-state index contributed by atoms with van der Waals surface area (Å²) in [4.78, 5) is 14.7. The fourth-order valence-corrected chi connectivity index (χ4v) is 6.50. The topological polar surface area (TPSA) is 38.7 Å². The summed E-state index contributed by atoms with van der Waals surface area (Å²) in [6.45, 7) is 0. The van der Waals surface area contributed by atoms with E-state index in [2.05, 4.69) is 103 Å². The summed E-state index contributed by atoms with van der Waals surface area (Å²) in [6.07, 6.45) is 0. The molecule has 3 heteroatoms. The van der Waals surface area contributed by atoms with E-state index in [9.17, 15) is 0 Å². The molecule has 0 unspecified atom stereocenters. The maximum atomic E-state index is 4.92. The Morgan fingerprint density at radius 2 is 0.674 bits per heavy atom. The van der Waals surface area contributed by atoms with Crippen LogP contribution < -0.4 is 0 Å². The molecule has 0 N–H and O–H groups in total. The van der Waals surface area contributed by atoms with Gasteiger partial charge in [-0.25, -0.2) is 15.0 Å². The highest BCUT2D eigenvalue weighted by Gasteiger charge is 2.13. The van der Waals surface area contributed by atoms with Gasteiger partial charge >= 0.3 is 0 Å². The molecule has 0 aliphatic rings. The number of hydrogen-bond acceptors (Lipinski definition) is 3. The van der Waals surface area contributed by atoms with E-state index in [1.165, 1.54) is 48.8 Å². The number of fused-ring (bicyclic) bond motifs is 6. The summed E-state index contributed by atoms with van der Waals surface area (Å²) in [6, 6.07) is 57.7. The minimum atomic E-state index is 0.660. The van der Waals surface area contributed by atoms with Gasteiger partial charge in [-0.1, -0.05) is 146 Å². The number of nitrogens with zero attached hydrogens (tertiary/aromatic N) is 3. The molecular weight excluding hydrogens is 558 g/mol. The highest BCUT2D eigenvalue weighted by molar-refractivity contribution is 6.17. The summed E-state index contributed by atoms with van der Waals surface area (Å²) in [5, 5.41) is 9.97. The Labute approximate surface area is 266 Å². The quantitative estimate of drug-likeness (QED) is 0.193. The Balaban J connectivity index is 1.13. The lowest BCUT2D eigenvalue weighted by atomic mass is 9.94. The molecule has 0 spiro atoms. The standard InChI is InChI=1S/C43H27N3/c1-3-10-30(11-4-1)41-44-42(31-12-5-2-6-13-31)46-43(45-41)36-20-19-32-25-33(17-18-34(32)26-36)35-16-15-29-22-23-38-37-14-8-7-9-28(37)21-24-39(38)40(29)27-35/h1-27H. The van der Waals surface area contributed by atoms with Gasteiger partial charge in [0.1, 0.15) is 0 Å². The van der Waals surface area contributed by atoms with Gasteiger partial charge in [0.15, 0.2) is 17.5 Å². The number of rotatable bonds is 4. The molecule has 0 atom stereocenters. The second-order valence-electron chi connectivity index (χ2n) is 11.7. The molecule has 0 aliphatic heterocycles. The van der Waals surface area contributed by atoms with Crippen LogP contribution in [-0.2, 0) is 0 Å². The average Bonchev–Trinajstić information content (AvgIpc) is 3.14. The van der Waals surface area contributed by atoms with E-state index in [1.54, 1.807) is 0 Å². The maximum absolute atomic E-state index is 4.92. The first-order valence-corrected chi connectivity index (χ1v) is 15.5. The van der Waals surface area contributed by atoms with Crippen molar-refractivity contribution in [3.05, 3.63) is 164 Å². The van der Waals surface area contributed by atoms with Gasteiger partial charge in [0, 0.05) is 16.7 Å². The van der Waals surface area contributed by atoms with Crippen molar-refractivity contribution in [2.24, 2.45) is 0 Å². The zero-order valence-electron chi connectivity index (χ0n) is 24.9. The van der Waals surface area contributed by atoms with E-state index in [0.29, 0.717) is 17.5 Å². The third kappa shape index (κ3) is 4.58. The molecular formula is C43H27N3. The molecule has 9 rings (SSSR count). The molecule has 0 amide bonds. The third-order valence-electron chi connectivity index (χ3n) is 8.87. The van der Waals surface area contributed by atoms with Crippen LogP contribution in [0.5, 0.6) is 0 Å². The van der Waals surface area contributed by atoms with Crippen LogP contribution in [0.15, 0.2) is 164 Å². The lowest BCUT2D eigenvalue weighted by Gasteiger charge is -2.11. The molecule has 9 aromatic rings. The summed E-state index contributed by atoms with van der Waals surface area (Å²) in [5.74, 6) is 1.99. The molecule has 1 heterocycles. The SMILES string of the molecule is c1ccc(-c2nc(-c3ccccc3)nc(-c3ccc4cc(-c5ccc6ccc7c8ccccc8ccc7c6c5)ccc4c3)n2)cc1. The van der Waals surface area contributed by atoms with Crippen molar-refractivity contribution in [1.82, 2.24) is 15.0 Å². The smallest absolute Gasteiger partial charge is 0.164 e. The van der Waals surface area contributed by atoms with Crippen LogP contribution in [0.1, 0.15) is 0 Å². The second-order valence-corrected chi connectivity index (χ2v) is 11.7. The van der Waals surface area contributed by atoms with E-state index in [-0.39, 0.29) is 0 Å². The zero-order chi connectivity index (χ0) is 30.5. The van der Waals surface area contributed by atoms with Crippen LogP contribution in [0.25, 0.3) is 88.4 Å². The fourth-order valence-electron chi connectivity index (χ4n) is 6.50. The molecule has 0 aliphatic carbocycles. The molecule has 0 radical (unpaired) electrons. The van der Waals surface area contributed by atoms with Gasteiger partial charge in [-0.15, -0.1) is 0 Å². The van der Waals surface area contributed by atoms with Crippen molar-refractivity contribution >= 4 is 43.1 Å². The molecule has 46 heavy (non-hydrogen) atoms. The van der Waals surface area contributed by atoms with Gasteiger partial charge in [0.25, 0.3) is 0 Å². The lowest BCUT2D eigenvalue weighted by Crippen LogP contribution is -2.00. The maximum Gasteiger partial charge on any atom is 0.164 e. The van der Waals surface area contributed by atoms with Gasteiger partial charge in [-0.3, -0.25) is 0 Å². The first-order valence-electron chi connectivity index (χ1n) is 15.5. The van der Waals surface area contributed by atoms with Crippen LogP contribution in [0.2, 0.25) is 0 Å². The van der Waals surface area contributed by atoms with Crippen LogP contribution in [0.3, 0.4) is 0 Å². The minimum absolute atomic E-state index is 0.660. The third-order valence-corrected chi connectivity index (χ3v) is 8.87. The Morgan fingerprint density at radius 1 is 0.239 bits per heavy atom. The Kier molecular flexibility index (Phi) is 6.14. The molecule has 0 saturated carbocycles. The van der Waals surface area contributed by atoms with Crippen LogP contribution in [-0.4, -0.2) is 15.0 Å². The average molecular weight is 586 g/mol. The van der Waals surface area contributed by atoms with Crippen molar-refractivity contribution in [1.29, 1.82) is 0 Å². The van der Waals surface area contributed by atoms with Crippen LogP contribution >= 0.6 is 0 Å². The van der Waals surface area contributed by atoms with Crippen molar-refractivity contribution in [2.45, 2.75) is 0 Å². The van der Waals surface area contributed by atoms with Crippen molar-refractivity contribution in [3.8, 4) is 45.3 Å². The van der Waals surface area contributed by atoms with E-state index in [4.69, 9.17) is 15.0 Å². The van der Waals surface area contributed by atoms with E-state index in [0.717, 1.165) is 22.1 Å². The van der Waals surface area contributed by atoms with Gasteiger partial charge in [0.2, 0.25) is 0 Å². The highest BCUT2D eigenvalue weighted by atomic mass is 15.0. The predicted molar refractivity (Wildman–Crippen MR) is 192 cm³/mol. The van der Waals surface area contributed by atoms with Crippen molar-refractivity contribution in [2.75, 3.05) is 0 Å². The first kappa shape index (κ1) is 26.2. The van der Waals surface area contributed by atoms with E-state index in [1.807, 2.05) is 60.7 Å². The Bertz CT molecular complexity index is 2520. The summed E-state index contributed by atoms with van der Waals surface area (Å²) < 4.78 is 0. The highest BCUT2D eigenvalue weighted by Crippen LogP contribution is 2.35. The largest absolute Gasteiger partial charge is 0.208 e. The normalized spacial score (nSPS) is 11.5. The number of aromatic nitrogens is 3. The molecule has 1 aromatic heterocycles. The second kappa shape index (κ2) is 10.8. The van der Waals surface area contributed by atoms with Gasteiger partial charge < -0.3 is 0 Å². The van der Waals surface area contributed by atoms with E-state index < -0.39 is 0 Å². The molecule has 3 nitrogen and oxygen atoms in total. The molecule has 0 fully saturated rings. The summed E-state index contributed by atoms with van der Waals surface area (Å²) in [7, 11) is 0. The summed E-state index contributed by atoms with van der Waals surface area (Å²) in [5.41, 5.74) is 5.28. The van der Waals surface area contributed by atoms with E-state index >= 15 is 0 Å². The van der Waals surface area contributed by atoms with Gasteiger partial charge in [-0.2, -0.15) is 0 Å². The number of hydrogen-bond donors (Lipinski definition) is 0. The molecule has 214 valence electrons. The molecule has 0 saturated heterocycles. The first-order chi connectivity index (χ1) is 22.8. The monoisotopic (exact) mass is 585 g/mol. The van der Waals surface area contributed by atoms with Crippen LogP contribution in [0, 0.1) is 0 Å². The minimum Gasteiger partial charge on any atom is -0.208 e. The van der Waals surface area contributed by atoms with Crippen LogP contribution in [0.4, 0.5) is 0 Å². The Hall–Kier alpha value is -6.19. The zero-order valence-corrected chi connectivity index (χ0v) is 24.9. The van der Waals surface area contributed by atoms with Crippen molar-refractivity contribution in [3.63, 3.8) is 0 Å². The predicted octanol–water partition coefficient (Wildman–Crippen LogP) is 11.2. The van der Waals surface area contributed by atoms with Crippen molar-refractivity contribution < 1.29 is 0 Å². The Morgan fingerprint density at radius 3 is 1.33 bits per heavy atom. The van der Waals surface area contributed by atoms with Gasteiger partial charge in [-0.05, 0) is 72.4 Å². The number of benzene rings is 8. The lowest BCUT2D eigenvalue weighted by molar-refractivity contribution is 1.07.